The molecule has 0 aliphatic carbocycles. The van der Waals surface area contributed by atoms with E-state index in [9.17, 15) is 13.9 Å². The highest BCUT2D eigenvalue weighted by molar-refractivity contribution is 9.10. The summed E-state index contributed by atoms with van der Waals surface area (Å²) in [6.45, 7) is 1.86. The molecule has 0 unspecified atom stereocenters. The summed E-state index contributed by atoms with van der Waals surface area (Å²) in [5.41, 5.74) is 0.842. The van der Waals surface area contributed by atoms with Crippen LogP contribution < -0.4 is 5.32 Å². The highest BCUT2D eigenvalue weighted by atomic mass is 79.9. The van der Waals surface area contributed by atoms with Gasteiger partial charge in [0.1, 0.15) is 5.75 Å². The fourth-order valence-corrected chi connectivity index (χ4v) is 2.87. The molecule has 0 atom stereocenters. The number of aromatic hydroxyl groups is 1. The molecule has 2 rings (SSSR count). The minimum Gasteiger partial charge on any atom is -0.508 e. The minimum absolute atomic E-state index is 0.126. The summed E-state index contributed by atoms with van der Waals surface area (Å²) in [7, 11) is 0. The zero-order valence-corrected chi connectivity index (χ0v) is 12.7. The third-order valence-corrected chi connectivity index (χ3v) is 4.10. The van der Waals surface area contributed by atoms with Crippen LogP contribution in [-0.4, -0.2) is 42.1 Å². The van der Waals surface area contributed by atoms with E-state index in [2.05, 4.69) is 21.2 Å². The Labute approximate surface area is 126 Å². The first-order valence-electron chi connectivity index (χ1n) is 6.76. The van der Waals surface area contributed by atoms with Gasteiger partial charge in [0.15, 0.2) is 0 Å². The van der Waals surface area contributed by atoms with Crippen molar-refractivity contribution in [2.45, 2.75) is 31.9 Å². The Balaban J connectivity index is 1.77. The van der Waals surface area contributed by atoms with E-state index in [1.54, 1.807) is 17.0 Å². The van der Waals surface area contributed by atoms with Crippen molar-refractivity contribution in [3.63, 3.8) is 0 Å². The van der Waals surface area contributed by atoms with Gasteiger partial charge in [0.25, 0.3) is 6.43 Å². The lowest BCUT2D eigenvalue weighted by molar-refractivity contribution is 0.0729. The molecule has 2 N–H and O–H groups in total. The SMILES string of the molecule is Oc1ccc(Br)cc1CNC1CCN(CC(F)F)CC1. The van der Waals surface area contributed by atoms with Crippen molar-refractivity contribution in [3.05, 3.63) is 28.2 Å². The molecule has 0 radical (unpaired) electrons. The molecule has 0 saturated carbocycles. The fraction of sp³-hybridized carbons (Fsp3) is 0.571. The molecule has 1 saturated heterocycles. The van der Waals surface area contributed by atoms with Gasteiger partial charge in [0.05, 0.1) is 6.54 Å². The van der Waals surface area contributed by atoms with Crippen LogP contribution in [0, 0.1) is 0 Å². The monoisotopic (exact) mass is 348 g/mol. The number of rotatable bonds is 5. The third kappa shape index (κ3) is 4.68. The maximum atomic E-state index is 12.3. The van der Waals surface area contributed by atoms with Crippen molar-refractivity contribution in [3.8, 4) is 5.75 Å². The van der Waals surface area contributed by atoms with Crippen LogP contribution in [0.5, 0.6) is 5.75 Å². The molecular formula is C14H19BrF2N2O. The molecule has 0 amide bonds. The summed E-state index contributed by atoms with van der Waals surface area (Å²) in [6, 6.07) is 5.66. The summed E-state index contributed by atoms with van der Waals surface area (Å²) in [6.07, 6.45) is -0.527. The third-order valence-electron chi connectivity index (χ3n) is 3.61. The Morgan fingerprint density at radius 1 is 1.35 bits per heavy atom. The first kappa shape index (κ1) is 15.7. The van der Waals surface area contributed by atoms with Gasteiger partial charge < -0.3 is 10.4 Å². The van der Waals surface area contributed by atoms with Crippen molar-refractivity contribution in [2.75, 3.05) is 19.6 Å². The molecule has 0 aromatic heterocycles. The minimum atomic E-state index is -2.25. The summed E-state index contributed by atoms with van der Waals surface area (Å²) < 4.78 is 25.5. The van der Waals surface area contributed by atoms with Crippen LogP contribution in [0.2, 0.25) is 0 Å². The number of likely N-dealkylation sites (tertiary alicyclic amines) is 1. The lowest BCUT2D eigenvalue weighted by atomic mass is 10.0. The number of hydrogen-bond donors (Lipinski definition) is 2. The molecule has 1 aromatic rings. The molecule has 1 aliphatic rings. The summed E-state index contributed by atoms with van der Waals surface area (Å²) >= 11 is 3.38. The van der Waals surface area contributed by atoms with Crippen molar-refractivity contribution in [2.24, 2.45) is 0 Å². The summed E-state index contributed by atoms with van der Waals surface area (Å²) in [4.78, 5) is 1.80. The Bertz CT molecular complexity index is 437. The van der Waals surface area contributed by atoms with Gasteiger partial charge in [-0.3, -0.25) is 4.90 Å². The number of piperidine rings is 1. The summed E-state index contributed by atoms with van der Waals surface area (Å²) in [5.74, 6) is 0.274. The average Bonchev–Trinajstić information content (AvgIpc) is 2.41. The fourth-order valence-electron chi connectivity index (χ4n) is 2.46. The van der Waals surface area contributed by atoms with Crippen molar-refractivity contribution >= 4 is 15.9 Å². The number of nitrogens with one attached hydrogen (secondary N) is 1. The van der Waals surface area contributed by atoms with Crippen molar-refractivity contribution in [1.82, 2.24) is 10.2 Å². The first-order valence-corrected chi connectivity index (χ1v) is 7.55. The maximum Gasteiger partial charge on any atom is 0.251 e. The van der Waals surface area contributed by atoms with E-state index in [0.717, 1.165) is 22.9 Å². The van der Waals surface area contributed by atoms with Gasteiger partial charge in [-0.1, -0.05) is 15.9 Å². The van der Waals surface area contributed by atoms with E-state index in [4.69, 9.17) is 0 Å². The van der Waals surface area contributed by atoms with Crippen molar-refractivity contribution in [1.29, 1.82) is 0 Å². The zero-order chi connectivity index (χ0) is 14.5. The highest BCUT2D eigenvalue weighted by Crippen LogP contribution is 2.22. The van der Waals surface area contributed by atoms with E-state index in [1.807, 2.05) is 6.07 Å². The Morgan fingerprint density at radius 2 is 2.05 bits per heavy atom. The molecule has 112 valence electrons. The largest absolute Gasteiger partial charge is 0.508 e. The highest BCUT2D eigenvalue weighted by Gasteiger charge is 2.21. The topological polar surface area (TPSA) is 35.5 Å². The van der Waals surface area contributed by atoms with Gasteiger partial charge in [-0.25, -0.2) is 8.78 Å². The van der Waals surface area contributed by atoms with E-state index < -0.39 is 6.43 Å². The molecule has 0 bridgehead atoms. The van der Waals surface area contributed by atoms with Crippen LogP contribution in [0.25, 0.3) is 0 Å². The van der Waals surface area contributed by atoms with E-state index in [-0.39, 0.29) is 12.3 Å². The van der Waals surface area contributed by atoms with Gasteiger partial charge in [-0.2, -0.15) is 0 Å². The molecule has 3 nitrogen and oxygen atoms in total. The van der Waals surface area contributed by atoms with E-state index in [1.165, 1.54) is 0 Å². The average molecular weight is 349 g/mol. The quantitative estimate of drug-likeness (QED) is 0.858. The van der Waals surface area contributed by atoms with Crippen molar-refractivity contribution < 1.29 is 13.9 Å². The molecule has 1 aromatic carbocycles. The Hall–Kier alpha value is -0.720. The number of alkyl halides is 2. The first-order chi connectivity index (χ1) is 9.54. The normalized spacial score (nSPS) is 17.8. The van der Waals surface area contributed by atoms with Gasteiger partial charge in [0, 0.05) is 22.6 Å². The number of hydrogen-bond acceptors (Lipinski definition) is 3. The van der Waals surface area contributed by atoms with Crippen LogP contribution in [-0.2, 0) is 6.54 Å². The predicted molar refractivity (Wildman–Crippen MR) is 78.1 cm³/mol. The smallest absolute Gasteiger partial charge is 0.251 e. The second-order valence-electron chi connectivity index (χ2n) is 5.12. The Morgan fingerprint density at radius 3 is 2.70 bits per heavy atom. The Kier molecular flexibility index (Phi) is 5.74. The maximum absolute atomic E-state index is 12.3. The molecule has 1 aliphatic heterocycles. The van der Waals surface area contributed by atoms with E-state index >= 15 is 0 Å². The van der Waals surface area contributed by atoms with Gasteiger partial charge in [0.2, 0.25) is 0 Å². The van der Waals surface area contributed by atoms with Crippen LogP contribution in [0.4, 0.5) is 8.78 Å². The lowest BCUT2D eigenvalue weighted by Gasteiger charge is -2.32. The van der Waals surface area contributed by atoms with E-state index in [0.29, 0.717) is 25.7 Å². The molecule has 6 heteroatoms. The zero-order valence-electron chi connectivity index (χ0n) is 11.2. The second-order valence-corrected chi connectivity index (χ2v) is 6.04. The van der Waals surface area contributed by atoms with Crippen LogP contribution in [0.3, 0.4) is 0 Å². The standard InChI is InChI=1S/C14H19BrF2N2O/c15-11-1-2-13(20)10(7-11)8-18-12-3-5-19(6-4-12)9-14(16)17/h1-2,7,12,14,18,20H,3-6,8-9H2. The number of phenolic OH excluding ortho intramolecular Hbond substituents is 1. The van der Waals surface area contributed by atoms with Gasteiger partial charge >= 0.3 is 0 Å². The lowest BCUT2D eigenvalue weighted by Crippen LogP contribution is -2.43. The van der Waals surface area contributed by atoms with Crippen LogP contribution in [0.15, 0.2) is 22.7 Å². The van der Waals surface area contributed by atoms with Gasteiger partial charge in [-0.05, 0) is 44.1 Å². The molecular weight excluding hydrogens is 330 g/mol. The van der Waals surface area contributed by atoms with Crippen LogP contribution >= 0.6 is 15.9 Å². The number of nitrogens with zero attached hydrogens (tertiary/aromatic N) is 1. The number of benzene rings is 1. The van der Waals surface area contributed by atoms with Crippen LogP contribution in [0.1, 0.15) is 18.4 Å². The van der Waals surface area contributed by atoms with Gasteiger partial charge in [-0.15, -0.1) is 0 Å². The molecule has 1 heterocycles. The molecule has 20 heavy (non-hydrogen) atoms. The number of phenols is 1. The molecule has 0 spiro atoms. The number of halogens is 3. The molecule has 1 fully saturated rings. The second kappa shape index (κ2) is 7.33. The predicted octanol–water partition coefficient (Wildman–Crippen LogP) is 2.97. The summed E-state index contributed by atoms with van der Waals surface area (Å²) in [5, 5.41) is 13.1.